The summed E-state index contributed by atoms with van der Waals surface area (Å²) in [6.07, 6.45) is 1.04. The van der Waals surface area contributed by atoms with E-state index < -0.39 is 10.7 Å². The molecule has 0 unspecified atom stereocenters. The fraction of sp³-hybridized carbons (Fsp3) is 0. The van der Waals surface area contributed by atoms with Crippen molar-refractivity contribution in [3.63, 3.8) is 0 Å². The van der Waals surface area contributed by atoms with E-state index in [4.69, 9.17) is 0 Å². The van der Waals surface area contributed by atoms with Gasteiger partial charge in [-0.15, -0.1) is 9.43 Å². The maximum absolute atomic E-state index is 10.6. The number of hydrogen-bond acceptors (Lipinski definition) is 11. The lowest BCUT2D eigenvalue weighted by molar-refractivity contribution is -0.719. The first-order valence-electron chi connectivity index (χ1n) is 5.18. The Morgan fingerprint density at radius 3 is 2.90 bits per heavy atom. The predicted octanol–water partition coefficient (Wildman–Crippen LogP) is -2.28. The molecule has 104 valence electrons. The van der Waals surface area contributed by atoms with Crippen LogP contribution in [0.15, 0.2) is 15.5 Å². The minimum absolute atomic E-state index is 0.00481. The lowest BCUT2D eigenvalue weighted by Crippen LogP contribution is -2.39. The summed E-state index contributed by atoms with van der Waals surface area (Å²) in [6, 6.07) is 0. The molecule has 0 saturated carbocycles. The van der Waals surface area contributed by atoms with Crippen LogP contribution in [0.2, 0.25) is 0 Å². The Morgan fingerprint density at radius 1 is 1.29 bits per heavy atom. The Labute approximate surface area is 111 Å². The third-order valence-electron chi connectivity index (χ3n) is 2.36. The molecule has 4 rings (SSSR count). The van der Waals surface area contributed by atoms with Gasteiger partial charge in [0.1, 0.15) is 16.9 Å². The van der Waals surface area contributed by atoms with E-state index in [9.17, 15) is 10.1 Å². The molecule has 0 aliphatic rings. The van der Waals surface area contributed by atoms with Crippen molar-refractivity contribution in [1.29, 1.82) is 0 Å². The van der Waals surface area contributed by atoms with Crippen LogP contribution >= 0.6 is 0 Å². The normalized spacial score (nSPS) is 11.2. The zero-order valence-corrected chi connectivity index (χ0v) is 9.63. The third-order valence-corrected chi connectivity index (χ3v) is 2.36. The van der Waals surface area contributed by atoms with Crippen LogP contribution in [0, 0.1) is 10.1 Å². The lowest BCUT2D eigenvalue weighted by atomic mass is 10.6. The molecule has 0 saturated heterocycles. The van der Waals surface area contributed by atoms with Gasteiger partial charge in [0.2, 0.25) is 0 Å². The van der Waals surface area contributed by atoms with Gasteiger partial charge in [0.25, 0.3) is 0 Å². The zero-order chi connectivity index (χ0) is 14.4. The Kier molecular flexibility index (Phi) is 2.03. The summed E-state index contributed by atoms with van der Waals surface area (Å²) < 4.78 is 10.00. The highest BCUT2D eigenvalue weighted by Crippen LogP contribution is 2.11. The summed E-state index contributed by atoms with van der Waals surface area (Å²) in [5.74, 6) is -0.432. The number of rotatable bonds is 3. The summed E-state index contributed by atoms with van der Waals surface area (Å²) in [6.45, 7) is 0. The van der Waals surface area contributed by atoms with E-state index in [1.165, 1.54) is 0 Å². The highest BCUT2D eigenvalue weighted by Gasteiger charge is 2.28. The van der Waals surface area contributed by atoms with Gasteiger partial charge in [-0.1, -0.05) is 5.16 Å². The fourth-order valence-electron chi connectivity index (χ4n) is 1.49. The maximum Gasteiger partial charge on any atom is 0.443 e. The van der Waals surface area contributed by atoms with E-state index in [2.05, 4.69) is 50.4 Å². The molecule has 0 aromatic carbocycles. The van der Waals surface area contributed by atoms with Crippen LogP contribution < -0.4 is 9.90 Å². The second kappa shape index (κ2) is 3.85. The van der Waals surface area contributed by atoms with Gasteiger partial charge in [0, 0.05) is 5.16 Å². The molecular formula is C6HN11O4. The van der Waals surface area contributed by atoms with Gasteiger partial charge in [-0.25, -0.2) is 0 Å². The topological polar surface area (TPSA) is 183 Å². The molecule has 4 aromatic heterocycles. The Morgan fingerprint density at radius 2 is 2.14 bits per heavy atom. The van der Waals surface area contributed by atoms with Crippen LogP contribution in [-0.2, 0) is 0 Å². The number of nitrogens with zero attached hydrogens (tertiary/aromatic N) is 11. The van der Waals surface area contributed by atoms with E-state index >= 15 is 0 Å². The molecule has 0 fully saturated rings. The standard InChI is InChI=1S/C6HN11O4/c18-17(19)2-1-15(14-7-2)5-6(13-21-12-5)16-8-3-4(9-16)11-20-10-3/h1H. The number of nitro groups is 1. The largest absolute Gasteiger partial charge is 0.443 e. The molecule has 0 radical (unpaired) electrons. The van der Waals surface area contributed by atoms with Crippen molar-refractivity contribution in [2.24, 2.45) is 0 Å². The van der Waals surface area contributed by atoms with Crippen LogP contribution in [0.25, 0.3) is 22.9 Å². The molecule has 21 heavy (non-hydrogen) atoms. The highest BCUT2D eigenvalue weighted by molar-refractivity contribution is 5.59. The first-order chi connectivity index (χ1) is 10.2. The number of hydrogen-bond donors (Lipinski definition) is 0. The minimum Gasteiger partial charge on any atom is -0.358 e. The number of aromatic nitrogens is 10. The molecular weight excluding hydrogens is 290 g/mol. The fourth-order valence-corrected chi connectivity index (χ4v) is 1.49. The van der Waals surface area contributed by atoms with Gasteiger partial charge in [0.15, 0.2) is 10.8 Å². The van der Waals surface area contributed by atoms with E-state index in [0.29, 0.717) is 0 Å². The van der Waals surface area contributed by atoms with Gasteiger partial charge in [0.05, 0.1) is 5.21 Å². The van der Waals surface area contributed by atoms with Crippen molar-refractivity contribution in [1.82, 2.24) is 45.8 Å². The zero-order valence-electron chi connectivity index (χ0n) is 9.63. The molecule has 0 amide bonds. The van der Waals surface area contributed by atoms with Crippen molar-refractivity contribution in [3.05, 3.63) is 16.3 Å². The first-order valence-corrected chi connectivity index (χ1v) is 5.18. The van der Waals surface area contributed by atoms with E-state index in [1.54, 1.807) is 0 Å². The van der Waals surface area contributed by atoms with Gasteiger partial charge in [-0.2, -0.15) is 20.0 Å². The monoisotopic (exact) mass is 291 g/mol. The number of fused-ring (bicyclic) bond motifs is 1. The smallest absolute Gasteiger partial charge is 0.358 e. The Balaban J connectivity index is 1.82. The Hall–Kier alpha value is -3.78. The van der Waals surface area contributed by atoms with Crippen LogP contribution in [0.3, 0.4) is 0 Å². The van der Waals surface area contributed by atoms with Crippen molar-refractivity contribution in [2.75, 3.05) is 0 Å². The molecule has 0 N–H and O–H groups in total. The molecule has 0 bridgehead atoms. The second-order valence-corrected chi connectivity index (χ2v) is 3.59. The minimum atomic E-state index is -0.702. The first kappa shape index (κ1) is 11.1. The molecule has 0 spiro atoms. The van der Waals surface area contributed by atoms with E-state index in [0.717, 1.165) is 15.7 Å². The van der Waals surface area contributed by atoms with Crippen LogP contribution in [-0.4, -0.2) is 45.6 Å². The summed E-state index contributed by atoms with van der Waals surface area (Å²) >= 11 is 0. The van der Waals surface area contributed by atoms with Crippen LogP contribution in [0.4, 0.5) is 5.82 Å². The van der Waals surface area contributed by atoms with Gasteiger partial charge >= 0.3 is 17.5 Å². The van der Waals surface area contributed by atoms with Crippen molar-refractivity contribution >= 4 is 17.1 Å². The predicted molar refractivity (Wildman–Crippen MR) is 53.9 cm³/mol. The second-order valence-electron chi connectivity index (χ2n) is 3.59. The van der Waals surface area contributed by atoms with Gasteiger partial charge in [-0.05, 0) is 4.92 Å². The maximum atomic E-state index is 10.6. The third kappa shape index (κ3) is 1.60. The van der Waals surface area contributed by atoms with Gasteiger partial charge in [-0.3, -0.25) is 0 Å². The van der Waals surface area contributed by atoms with Crippen LogP contribution in [0.1, 0.15) is 0 Å². The van der Waals surface area contributed by atoms with Crippen molar-refractivity contribution in [2.45, 2.75) is 0 Å². The SMILES string of the molecule is O=[N+]([O-])c1cn(-c2nonc2-[n+]2nc3nonc3[n-]2)nn1. The van der Waals surface area contributed by atoms with Crippen molar-refractivity contribution < 1.29 is 19.0 Å². The lowest BCUT2D eigenvalue weighted by Gasteiger charge is -1.90. The molecule has 15 nitrogen and oxygen atoms in total. The quantitative estimate of drug-likeness (QED) is 0.224. The van der Waals surface area contributed by atoms with E-state index in [-0.39, 0.29) is 22.9 Å². The molecule has 0 atom stereocenters. The van der Waals surface area contributed by atoms with Gasteiger partial charge < -0.3 is 14.7 Å². The summed E-state index contributed by atoms with van der Waals surface area (Å²) in [7, 11) is 0. The van der Waals surface area contributed by atoms with Crippen LogP contribution in [0.5, 0.6) is 0 Å². The molecule has 4 aromatic rings. The highest BCUT2D eigenvalue weighted by atomic mass is 16.6. The molecule has 15 heteroatoms. The summed E-state index contributed by atoms with van der Waals surface area (Å²) in [4.78, 5) is 10.9. The Bertz CT molecular complexity index is 916. The average molecular weight is 291 g/mol. The molecule has 0 aliphatic heterocycles. The summed E-state index contributed by atoms with van der Waals surface area (Å²) in [5, 5.41) is 39.5. The van der Waals surface area contributed by atoms with Crippen molar-refractivity contribution in [3.8, 4) is 11.6 Å². The molecule has 0 aliphatic carbocycles. The van der Waals surface area contributed by atoms with E-state index in [1.807, 2.05) is 0 Å². The summed E-state index contributed by atoms with van der Waals surface area (Å²) in [5.41, 5.74) is 0.294. The molecule has 4 heterocycles. The average Bonchev–Trinajstić information content (AvgIpc) is 3.20.